The van der Waals surface area contributed by atoms with Crippen molar-refractivity contribution in [2.24, 2.45) is 0 Å². The number of anilines is 1. The molecule has 0 fully saturated rings. The molecule has 0 bridgehead atoms. The van der Waals surface area contributed by atoms with Crippen LogP contribution in [0.25, 0.3) is 0 Å². The van der Waals surface area contributed by atoms with Crippen LogP contribution in [0, 0.1) is 0 Å². The minimum absolute atomic E-state index is 0.104. The van der Waals surface area contributed by atoms with Gasteiger partial charge >= 0.3 is 5.69 Å². The van der Waals surface area contributed by atoms with Crippen LogP contribution in [0.1, 0.15) is 5.56 Å². The first-order valence-corrected chi connectivity index (χ1v) is 4.34. The van der Waals surface area contributed by atoms with E-state index < -0.39 is 0 Å². The lowest BCUT2D eigenvalue weighted by molar-refractivity contribution is 0.762. The summed E-state index contributed by atoms with van der Waals surface area (Å²) in [6, 6.07) is 7.50. The lowest BCUT2D eigenvalue weighted by Crippen LogP contribution is -2.16. The first kappa shape index (κ1) is 8.62. The number of aromatic nitrogens is 2. The molecule has 1 aromatic carbocycles. The normalized spacial score (nSPS) is 10.3. The summed E-state index contributed by atoms with van der Waals surface area (Å²) in [5.41, 5.74) is 7.26. The van der Waals surface area contributed by atoms with E-state index in [9.17, 15) is 4.79 Å². The molecule has 0 radical (unpaired) electrons. The number of nitrogens with zero attached hydrogens (tertiary/aromatic N) is 1. The lowest BCUT2D eigenvalue weighted by atomic mass is 10.2. The Balaban J connectivity index is 2.27. The number of H-pyrrole nitrogens is 1. The topological polar surface area (TPSA) is 63.8 Å². The number of hydrogen-bond donors (Lipinski definition) is 2. The third kappa shape index (κ3) is 1.69. The maximum atomic E-state index is 11.2. The van der Waals surface area contributed by atoms with Gasteiger partial charge in [0.05, 0.1) is 6.54 Å². The predicted molar refractivity (Wildman–Crippen MR) is 55.0 cm³/mol. The first-order valence-electron chi connectivity index (χ1n) is 4.34. The quantitative estimate of drug-likeness (QED) is 0.686. The van der Waals surface area contributed by atoms with Crippen molar-refractivity contribution in [1.82, 2.24) is 9.55 Å². The van der Waals surface area contributed by atoms with E-state index >= 15 is 0 Å². The van der Waals surface area contributed by atoms with Crippen molar-refractivity contribution in [3.63, 3.8) is 0 Å². The maximum Gasteiger partial charge on any atom is 0.325 e. The number of aromatic amines is 1. The smallest absolute Gasteiger partial charge is 0.325 e. The molecule has 3 N–H and O–H groups in total. The highest BCUT2D eigenvalue weighted by molar-refractivity contribution is 5.40. The molecular formula is C10H11N3O. The molecule has 0 aliphatic carbocycles. The van der Waals surface area contributed by atoms with Gasteiger partial charge in [-0.1, -0.05) is 12.1 Å². The van der Waals surface area contributed by atoms with Gasteiger partial charge in [-0.05, 0) is 17.7 Å². The zero-order chi connectivity index (χ0) is 9.97. The van der Waals surface area contributed by atoms with Gasteiger partial charge in [-0.15, -0.1) is 0 Å². The number of nitrogens with one attached hydrogen (secondary N) is 1. The van der Waals surface area contributed by atoms with E-state index in [1.165, 1.54) is 0 Å². The summed E-state index contributed by atoms with van der Waals surface area (Å²) in [5.74, 6) is 0. The average molecular weight is 189 g/mol. The molecule has 4 heteroatoms. The van der Waals surface area contributed by atoms with Crippen LogP contribution in [0.15, 0.2) is 41.5 Å². The molecule has 1 aromatic heterocycles. The van der Waals surface area contributed by atoms with Gasteiger partial charge in [0, 0.05) is 18.1 Å². The summed E-state index contributed by atoms with van der Waals surface area (Å²) in [5, 5.41) is 0. The predicted octanol–water partition coefficient (Wildman–Crippen LogP) is 0.807. The fourth-order valence-corrected chi connectivity index (χ4v) is 1.36. The van der Waals surface area contributed by atoms with Gasteiger partial charge < -0.3 is 10.7 Å². The third-order valence-electron chi connectivity index (χ3n) is 2.03. The van der Waals surface area contributed by atoms with Crippen molar-refractivity contribution in [2.75, 3.05) is 5.73 Å². The highest BCUT2D eigenvalue weighted by Crippen LogP contribution is 2.06. The molecule has 0 aliphatic rings. The molecule has 0 aliphatic heterocycles. The van der Waals surface area contributed by atoms with Crippen molar-refractivity contribution in [3.8, 4) is 0 Å². The molecule has 14 heavy (non-hydrogen) atoms. The molecule has 0 saturated carbocycles. The highest BCUT2D eigenvalue weighted by atomic mass is 16.1. The van der Waals surface area contributed by atoms with E-state index in [-0.39, 0.29) is 5.69 Å². The largest absolute Gasteiger partial charge is 0.399 e. The summed E-state index contributed by atoms with van der Waals surface area (Å²) in [7, 11) is 0. The van der Waals surface area contributed by atoms with Gasteiger partial charge in [-0.2, -0.15) is 0 Å². The van der Waals surface area contributed by atoms with Crippen molar-refractivity contribution in [3.05, 3.63) is 52.7 Å². The molecule has 1 heterocycles. The molecule has 72 valence electrons. The summed E-state index contributed by atoms with van der Waals surface area (Å²) in [6.45, 7) is 0.549. The fourth-order valence-electron chi connectivity index (χ4n) is 1.36. The van der Waals surface area contributed by atoms with E-state index in [1.54, 1.807) is 17.0 Å². The zero-order valence-electron chi connectivity index (χ0n) is 7.60. The number of benzene rings is 1. The Hall–Kier alpha value is -1.97. The van der Waals surface area contributed by atoms with Gasteiger partial charge in [-0.3, -0.25) is 4.57 Å². The molecule has 0 unspecified atom stereocenters. The SMILES string of the molecule is Nc1cccc(Cn2cc[nH]c2=O)c1. The second kappa shape index (κ2) is 3.41. The lowest BCUT2D eigenvalue weighted by Gasteiger charge is -2.02. The molecule has 0 saturated heterocycles. The Labute approximate surface area is 81.0 Å². The summed E-state index contributed by atoms with van der Waals surface area (Å²) < 4.78 is 1.59. The third-order valence-corrected chi connectivity index (χ3v) is 2.03. The Morgan fingerprint density at radius 3 is 2.93 bits per heavy atom. The second-order valence-electron chi connectivity index (χ2n) is 3.14. The zero-order valence-corrected chi connectivity index (χ0v) is 7.60. The highest BCUT2D eigenvalue weighted by Gasteiger charge is 1.97. The van der Waals surface area contributed by atoms with E-state index in [1.807, 2.05) is 24.3 Å². The number of imidazole rings is 1. The van der Waals surface area contributed by atoms with Gasteiger partial charge in [0.2, 0.25) is 0 Å². The molecule has 2 aromatic rings. The summed E-state index contributed by atoms with van der Waals surface area (Å²) in [6.07, 6.45) is 3.33. The van der Waals surface area contributed by atoms with Gasteiger partial charge in [0.15, 0.2) is 0 Å². The van der Waals surface area contributed by atoms with Crippen molar-refractivity contribution >= 4 is 5.69 Å². The van der Waals surface area contributed by atoms with Gasteiger partial charge in [0.25, 0.3) is 0 Å². The number of hydrogen-bond acceptors (Lipinski definition) is 2. The van der Waals surface area contributed by atoms with E-state index in [4.69, 9.17) is 5.73 Å². The molecule has 0 amide bonds. The van der Waals surface area contributed by atoms with Crippen LogP contribution >= 0.6 is 0 Å². The van der Waals surface area contributed by atoms with E-state index in [0.717, 1.165) is 5.56 Å². The number of nitrogen functional groups attached to an aromatic ring is 1. The molecule has 2 rings (SSSR count). The first-order chi connectivity index (χ1) is 6.75. The molecule has 0 atom stereocenters. The van der Waals surface area contributed by atoms with Crippen molar-refractivity contribution in [2.45, 2.75) is 6.54 Å². The van der Waals surface area contributed by atoms with Crippen LogP contribution in [0.4, 0.5) is 5.69 Å². The second-order valence-corrected chi connectivity index (χ2v) is 3.14. The fraction of sp³-hybridized carbons (Fsp3) is 0.100. The summed E-state index contributed by atoms with van der Waals surface area (Å²) in [4.78, 5) is 13.8. The summed E-state index contributed by atoms with van der Waals surface area (Å²) >= 11 is 0. The van der Waals surface area contributed by atoms with E-state index in [0.29, 0.717) is 12.2 Å². The molecule has 0 spiro atoms. The standard InChI is InChI=1S/C10H11N3O/c11-9-3-1-2-8(6-9)7-13-5-4-12-10(13)14/h1-6H,7,11H2,(H,12,14). The Morgan fingerprint density at radius 1 is 1.43 bits per heavy atom. The van der Waals surface area contributed by atoms with E-state index in [2.05, 4.69) is 4.98 Å². The minimum Gasteiger partial charge on any atom is -0.399 e. The van der Waals surface area contributed by atoms with Crippen LogP contribution in [-0.4, -0.2) is 9.55 Å². The van der Waals surface area contributed by atoms with Crippen LogP contribution in [0.5, 0.6) is 0 Å². The van der Waals surface area contributed by atoms with Gasteiger partial charge in [-0.25, -0.2) is 4.79 Å². The van der Waals surface area contributed by atoms with Crippen LogP contribution in [0.2, 0.25) is 0 Å². The van der Waals surface area contributed by atoms with Gasteiger partial charge in [0.1, 0.15) is 0 Å². The Bertz CT molecular complexity index is 484. The van der Waals surface area contributed by atoms with Crippen molar-refractivity contribution < 1.29 is 0 Å². The average Bonchev–Trinajstić information content (AvgIpc) is 2.52. The Kier molecular flexibility index (Phi) is 2.10. The van der Waals surface area contributed by atoms with Crippen LogP contribution < -0.4 is 11.4 Å². The number of rotatable bonds is 2. The van der Waals surface area contributed by atoms with Crippen molar-refractivity contribution in [1.29, 1.82) is 0 Å². The Morgan fingerprint density at radius 2 is 2.29 bits per heavy atom. The number of nitrogens with two attached hydrogens (primary N) is 1. The molecular weight excluding hydrogens is 178 g/mol. The van der Waals surface area contributed by atoms with Crippen LogP contribution in [-0.2, 0) is 6.54 Å². The molecule has 4 nitrogen and oxygen atoms in total. The van der Waals surface area contributed by atoms with Crippen LogP contribution in [0.3, 0.4) is 0 Å². The maximum absolute atomic E-state index is 11.2. The monoisotopic (exact) mass is 189 g/mol. The minimum atomic E-state index is -0.104.